The van der Waals surface area contributed by atoms with Crippen LogP contribution in [-0.4, -0.2) is 41.0 Å². The first-order valence-corrected chi connectivity index (χ1v) is 9.94. The Labute approximate surface area is 177 Å². The average molecular weight is 420 g/mol. The van der Waals surface area contributed by atoms with Crippen LogP contribution in [0.5, 0.6) is 5.75 Å². The summed E-state index contributed by atoms with van der Waals surface area (Å²) in [5, 5.41) is 3.75. The van der Waals surface area contributed by atoms with Gasteiger partial charge >= 0.3 is 0 Å². The molecule has 5 nitrogen and oxygen atoms in total. The molecule has 0 radical (unpaired) electrons. The first-order valence-electron chi connectivity index (χ1n) is 9.94. The van der Waals surface area contributed by atoms with Gasteiger partial charge in [0, 0.05) is 49.8 Å². The minimum atomic E-state index is -0.483. The number of benzene rings is 1. The number of likely N-dealkylation sites (tertiary alicyclic amines) is 1. The molecule has 1 aliphatic heterocycles. The molecule has 2 fully saturated rings. The van der Waals surface area contributed by atoms with E-state index in [1.165, 1.54) is 11.8 Å². The molecule has 1 amide bonds. The van der Waals surface area contributed by atoms with Crippen molar-refractivity contribution >= 4 is 18.3 Å². The number of rotatable bonds is 6. The summed E-state index contributed by atoms with van der Waals surface area (Å²) in [4.78, 5) is 17.1. The van der Waals surface area contributed by atoms with Crippen LogP contribution in [0.2, 0.25) is 0 Å². The zero-order valence-electron chi connectivity index (χ0n) is 16.5. The largest absolute Gasteiger partial charge is 0.488 e. The van der Waals surface area contributed by atoms with Crippen LogP contribution in [0, 0.1) is 5.95 Å². The Kier molecular flexibility index (Phi) is 7.09. The maximum atomic E-state index is 13.7. The zero-order chi connectivity index (χ0) is 19.5. The van der Waals surface area contributed by atoms with Gasteiger partial charge in [-0.25, -0.2) is 4.98 Å². The predicted molar refractivity (Wildman–Crippen MR) is 112 cm³/mol. The van der Waals surface area contributed by atoms with Crippen molar-refractivity contribution in [3.8, 4) is 5.75 Å². The van der Waals surface area contributed by atoms with E-state index < -0.39 is 5.95 Å². The van der Waals surface area contributed by atoms with Crippen LogP contribution in [-0.2, 0) is 11.4 Å². The number of nitrogens with one attached hydrogen (secondary N) is 1. The van der Waals surface area contributed by atoms with E-state index in [4.69, 9.17) is 4.74 Å². The average Bonchev–Trinajstić information content (AvgIpc) is 3.47. The molecule has 1 N–H and O–H groups in total. The molecule has 1 aromatic carbocycles. The highest BCUT2D eigenvalue weighted by Crippen LogP contribution is 2.45. The molecule has 1 aliphatic carbocycles. The number of aromatic nitrogens is 1. The third kappa shape index (κ3) is 5.25. The van der Waals surface area contributed by atoms with Gasteiger partial charge in [0.1, 0.15) is 12.4 Å². The second-order valence-corrected chi connectivity index (χ2v) is 7.68. The summed E-state index contributed by atoms with van der Waals surface area (Å²) in [5.41, 5.74) is 1.63. The molecule has 0 bridgehead atoms. The quantitative estimate of drug-likeness (QED) is 0.726. The topological polar surface area (TPSA) is 54.5 Å². The monoisotopic (exact) mass is 419 g/mol. The minimum Gasteiger partial charge on any atom is -0.488 e. The van der Waals surface area contributed by atoms with E-state index in [1.54, 1.807) is 19.1 Å². The van der Waals surface area contributed by atoms with E-state index in [9.17, 15) is 9.18 Å². The van der Waals surface area contributed by atoms with Crippen molar-refractivity contribution in [3.05, 3.63) is 59.7 Å². The molecule has 0 unspecified atom stereocenters. The van der Waals surface area contributed by atoms with Gasteiger partial charge in [-0.15, -0.1) is 12.4 Å². The summed E-state index contributed by atoms with van der Waals surface area (Å²) >= 11 is 0. The van der Waals surface area contributed by atoms with Crippen molar-refractivity contribution in [2.75, 3.05) is 13.1 Å². The Morgan fingerprint density at radius 3 is 2.72 bits per heavy atom. The molecule has 2 atom stereocenters. The summed E-state index contributed by atoms with van der Waals surface area (Å²) in [7, 11) is 0. The summed E-state index contributed by atoms with van der Waals surface area (Å²) in [6, 6.07) is 12.3. The Morgan fingerprint density at radius 1 is 1.24 bits per heavy atom. The van der Waals surface area contributed by atoms with Gasteiger partial charge in [-0.3, -0.25) is 4.79 Å². The highest BCUT2D eigenvalue weighted by atomic mass is 35.5. The number of nitrogens with zero attached hydrogens (tertiary/aromatic N) is 2. The van der Waals surface area contributed by atoms with Gasteiger partial charge in [-0.1, -0.05) is 18.2 Å². The summed E-state index contributed by atoms with van der Waals surface area (Å²) in [6.45, 7) is 3.48. The van der Waals surface area contributed by atoms with Crippen molar-refractivity contribution in [1.29, 1.82) is 0 Å². The number of hydrogen-bond donors (Lipinski definition) is 1. The molecular formula is C22H27ClFN3O2. The number of halogens is 2. The molecule has 0 spiro atoms. The highest BCUT2D eigenvalue weighted by molar-refractivity contribution is 5.85. The number of hydrogen-bond acceptors (Lipinski definition) is 4. The fraction of sp³-hybridized carbons (Fsp3) is 0.455. The predicted octanol–water partition coefficient (Wildman–Crippen LogP) is 3.68. The molecule has 2 heterocycles. The third-order valence-electron chi connectivity index (χ3n) is 5.72. The van der Waals surface area contributed by atoms with Crippen molar-refractivity contribution in [2.24, 2.45) is 0 Å². The number of carbonyl (C=O) groups excluding carboxylic acids is 1. The number of ether oxygens (including phenoxy) is 1. The summed E-state index contributed by atoms with van der Waals surface area (Å²) in [6.07, 6.45) is 4.52. The van der Waals surface area contributed by atoms with Crippen LogP contribution >= 0.6 is 12.4 Å². The number of amides is 1. The van der Waals surface area contributed by atoms with E-state index in [-0.39, 0.29) is 24.9 Å². The number of carbonyl (C=O) groups is 1. The van der Waals surface area contributed by atoms with Gasteiger partial charge in [-0.2, -0.15) is 4.39 Å². The fourth-order valence-corrected chi connectivity index (χ4v) is 3.99. The molecular weight excluding hydrogens is 393 g/mol. The molecule has 1 saturated carbocycles. The van der Waals surface area contributed by atoms with E-state index >= 15 is 0 Å². The normalized spacial score (nSPS) is 21.4. The van der Waals surface area contributed by atoms with E-state index in [1.807, 2.05) is 23.1 Å². The van der Waals surface area contributed by atoms with Crippen molar-refractivity contribution < 1.29 is 13.9 Å². The lowest BCUT2D eigenvalue weighted by atomic mass is 10.0. The maximum absolute atomic E-state index is 13.7. The van der Waals surface area contributed by atoms with Crippen molar-refractivity contribution in [3.63, 3.8) is 0 Å². The Balaban J connectivity index is 0.00000240. The van der Waals surface area contributed by atoms with Gasteiger partial charge in [0.05, 0.1) is 0 Å². The van der Waals surface area contributed by atoms with Gasteiger partial charge in [0.2, 0.25) is 11.9 Å². The molecule has 4 rings (SSSR count). The maximum Gasteiger partial charge on any atom is 0.219 e. The van der Waals surface area contributed by atoms with E-state index in [0.29, 0.717) is 23.6 Å². The van der Waals surface area contributed by atoms with Gasteiger partial charge in [-0.05, 0) is 43.0 Å². The first-order chi connectivity index (χ1) is 13.6. The van der Waals surface area contributed by atoms with Crippen LogP contribution in [0.1, 0.15) is 43.2 Å². The fourth-order valence-electron chi connectivity index (χ4n) is 3.99. The van der Waals surface area contributed by atoms with Crippen molar-refractivity contribution in [1.82, 2.24) is 15.2 Å². The lowest BCUT2D eigenvalue weighted by Gasteiger charge is -2.32. The van der Waals surface area contributed by atoms with E-state index in [0.717, 1.165) is 38.1 Å². The Hall–Kier alpha value is -2.18. The highest BCUT2D eigenvalue weighted by Gasteiger charge is 2.41. The van der Waals surface area contributed by atoms with E-state index in [2.05, 4.69) is 16.4 Å². The second kappa shape index (κ2) is 9.55. The lowest BCUT2D eigenvalue weighted by Crippen LogP contribution is -2.45. The number of pyridine rings is 1. The SMILES string of the molecule is CC(=O)N1CCC(N[C@@H]2C[C@H]2c2ccccc2OCc2cccnc2F)CC1.Cl. The summed E-state index contributed by atoms with van der Waals surface area (Å²) in [5.74, 6) is 0.911. The molecule has 2 aromatic rings. The molecule has 29 heavy (non-hydrogen) atoms. The van der Waals surface area contributed by atoms with Crippen LogP contribution in [0.4, 0.5) is 4.39 Å². The smallest absolute Gasteiger partial charge is 0.219 e. The van der Waals surface area contributed by atoms with Crippen LogP contribution in [0.25, 0.3) is 0 Å². The first kappa shape index (κ1) is 21.5. The second-order valence-electron chi connectivity index (χ2n) is 7.68. The molecule has 2 aliphatic rings. The van der Waals surface area contributed by atoms with Gasteiger partial charge in [0.15, 0.2) is 0 Å². The third-order valence-corrected chi connectivity index (χ3v) is 5.72. The number of para-hydroxylation sites is 1. The summed E-state index contributed by atoms with van der Waals surface area (Å²) < 4.78 is 19.7. The Bertz CT molecular complexity index is 842. The minimum absolute atomic E-state index is 0. The standard InChI is InChI=1S/C22H26FN3O2.ClH/c1-15(27)26-11-8-17(9-12-26)25-20-13-19(20)18-6-2-3-7-21(18)28-14-16-5-4-10-24-22(16)23;/h2-7,10,17,19-20,25H,8-9,11-14H2,1H3;1H/t19-,20+;/m0./s1. The van der Waals surface area contributed by atoms with Gasteiger partial charge in [0.25, 0.3) is 0 Å². The van der Waals surface area contributed by atoms with Crippen LogP contribution in [0.3, 0.4) is 0 Å². The molecule has 7 heteroatoms. The lowest BCUT2D eigenvalue weighted by molar-refractivity contribution is -0.129. The molecule has 156 valence electrons. The number of piperidine rings is 1. The Morgan fingerprint density at radius 2 is 2.00 bits per heavy atom. The molecule has 1 aromatic heterocycles. The van der Waals surface area contributed by atoms with Gasteiger partial charge < -0.3 is 15.0 Å². The zero-order valence-corrected chi connectivity index (χ0v) is 17.3. The van der Waals surface area contributed by atoms with Crippen molar-refractivity contribution in [2.45, 2.75) is 50.8 Å². The van der Waals surface area contributed by atoms with Crippen LogP contribution in [0.15, 0.2) is 42.6 Å². The van der Waals surface area contributed by atoms with Crippen LogP contribution < -0.4 is 10.1 Å². The molecule has 1 saturated heterocycles.